The van der Waals surface area contributed by atoms with Crippen molar-refractivity contribution in [2.24, 2.45) is 0 Å². The van der Waals surface area contributed by atoms with E-state index in [4.69, 9.17) is 9.47 Å². The van der Waals surface area contributed by atoms with Crippen LogP contribution in [0.2, 0.25) is 0 Å². The normalized spacial score (nSPS) is 13.7. The second-order valence-electron chi connectivity index (χ2n) is 7.18. The predicted octanol–water partition coefficient (Wildman–Crippen LogP) is 3.99. The van der Waals surface area contributed by atoms with Gasteiger partial charge in [0.25, 0.3) is 5.91 Å². The predicted molar refractivity (Wildman–Crippen MR) is 121 cm³/mol. The second kappa shape index (κ2) is 9.28. The third kappa shape index (κ3) is 4.76. The van der Waals surface area contributed by atoms with Crippen LogP contribution in [0.4, 0.5) is 11.4 Å². The SMILES string of the molecule is COC(=O)c1cc(N2CCOCC2)ccc1NC(=O)c1csc(-c2ccc(C)cc2)n1. The van der Waals surface area contributed by atoms with Crippen LogP contribution in [0.25, 0.3) is 10.6 Å². The number of methoxy groups -OCH3 is 1. The lowest BCUT2D eigenvalue weighted by atomic mass is 10.1. The average molecular weight is 438 g/mol. The standard InChI is InChI=1S/C23H23N3O4S/c1-15-3-5-16(6-4-15)22-25-20(14-31-22)21(27)24-19-8-7-17(13-18(19)23(28)29-2)26-9-11-30-12-10-26/h3-8,13-14H,9-12H2,1-2H3,(H,24,27). The third-order valence-electron chi connectivity index (χ3n) is 5.07. The lowest BCUT2D eigenvalue weighted by molar-refractivity contribution is 0.0602. The molecule has 1 aliphatic heterocycles. The smallest absolute Gasteiger partial charge is 0.340 e. The van der Waals surface area contributed by atoms with E-state index in [-0.39, 0.29) is 5.91 Å². The highest BCUT2D eigenvalue weighted by atomic mass is 32.1. The van der Waals surface area contributed by atoms with Crippen LogP contribution in [-0.2, 0) is 9.47 Å². The number of hydrogen-bond donors (Lipinski definition) is 1. The molecule has 1 saturated heterocycles. The minimum atomic E-state index is -0.510. The van der Waals surface area contributed by atoms with Crippen LogP contribution in [0.3, 0.4) is 0 Å². The molecule has 4 rings (SSSR count). The Labute approximate surface area is 184 Å². The molecule has 1 aromatic heterocycles. The zero-order valence-electron chi connectivity index (χ0n) is 17.4. The van der Waals surface area contributed by atoms with Crippen LogP contribution in [-0.4, -0.2) is 50.3 Å². The summed E-state index contributed by atoms with van der Waals surface area (Å²) in [5, 5.41) is 5.28. The first-order valence-electron chi connectivity index (χ1n) is 9.94. The minimum absolute atomic E-state index is 0.300. The summed E-state index contributed by atoms with van der Waals surface area (Å²) in [5.41, 5.74) is 3.99. The Bertz CT molecular complexity index is 1090. The zero-order valence-corrected chi connectivity index (χ0v) is 18.2. The van der Waals surface area contributed by atoms with Gasteiger partial charge in [-0.15, -0.1) is 11.3 Å². The molecule has 1 fully saturated rings. The highest BCUT2D eigenvalue weighted by Gasteiger charge is 2.20. The molecule has 160 valence electrons. The number of carbonyl (C=O) groups is 2. The molecule has 1 amide bonds. The molecule has 0 spiro atoms. The molecule has 7 nitrogen and oxygen atoms in total. The van der Waals surface area contributed by atoms with Crippen molar-refractivity contribution >= 4 is 34.6 Å². The van der Waals surface area contributed by atoms with Crippen LogP contribution < -0.4 is 10.2 Å². The molecular formula is C23H23N3O4S. The zero-order chi connectivity index (χ0) is 21.8. The summed E-state index contributed by atoms with van der Waals surface area (Å²) in [7, 11) is 1.32. The fourth-order valence-corrected chi connectivity index (χ4v) is 4.14. The lowest BCUT2D eigenvalue weighted by Crippen LogP contribution is -2.36. The number of aromatic nitrogens is 1. The van der Waals surface area contributed by atoms with Crippen LogP contribution in [0.15, 0.2) is 47.8 Å². The molecule has 0 radical (unpaired) electrons. The van der Waals surface area contributed by atoms with Crippen molar-refractivity contribution in [2.45, 2.75) is 6.92 Å². The highest BCUT2D eigenvalue weighted by Crippen LogP contribution is 2.27. The molecule has 1 N–H and O–H groups in total. The summed E-state index contributed by atoms with van der Waals surface area (Å²) >= 11 is 1.40. The molecule has 0 bridgehead atoms. The number of ether oxygens (including phenoxy) is 2. The Kier molecular flexibility index (Phi) is 6.29. The van der Waals surface area contributed by atoms with Gasteiger partial charge in [0, 0.05) is 29.7 Å². The second-order valence-corrected chi connectivity index (χ2v) is 8.04. The fraction of sp³-hybridized carbons (Fsp3) is 0.261. The van der Waals surface area contributed by atoms with Crippen LogP contribution in [0.5, 0.6) is 0 Å². The Morgan fingerprint density at radius 3 is 2.58 bits per heavy atom. The maximum absolute atomic E-state index is 12.8. The first kappa shape index (κ1) is 21.0. The summed E-state index contributed by atoms with van der Waals surface area (Å²) in [6.45, 7) is 4.78. The van der Waals surface area contributed by atoms with E-state index in [0.717, 1.165) is 34.9 Å². The first-order chi connectivity index (χ1) is 15.0. The number of amides is 1. The van der Waals surface area contributed by atoms with Gasteiger partial charge in [0.05, 0.1) is 31.6 Å². The molecule has 0 aliphatic carbocycles. The molecular weight excluding hydrogens is 414 g/mol. The van der Waals surface area contributed by atoms with Crippen molar-refractivity contribution in [1.82, 2.24) is 4.98 Å². The van der Waals surface area contributed by atoms with Crippen molar-refractivity contribution in [3.63, 3.8) is 0 Å². The van der Waals surface area contributed by atoms with Crippen molar-refractivity contribution in [1.29, 1.82) is 0 Å². The van der Waals surface area contributed by atoms with E-state index in [2.05, 4.69) is 15.2 Å². The maximum Gasteiger partial charge on any atom is 0.340 e. The molecule has 0 atom stereocenters. The van der Waals surface area contributed by atoms with Crippen LogP contribution in [0.1, 0.15) is 26.4 Å². The molecule has 0 saturated carbocycles. The third-order valence-corrected chi connectivity index (χ3v) is 5.96. The van der Waals surface area contributed by atoms with Crippen molar-refractivity contribution < 1.29 is 19.1 Å². The van der Waals surface area contributed by atoms with Crippen LogP contribution in [0, 0.1) is 6.92 Å². The number of carbonyl (C=O) groups excluding carboxylic acids is 2. The van der Waals surface area contributed by atoms with E-state index in [9.17, 15) is 9.59 Å². The van der Waals surface area contributed by atoms with Gasteiger partial charge in [-0.1, -0.05) is 29.8 Å². The lowest BCUT2D eigenvalue weighted by Gasteiger charge is -2.29. The van der Waals surface area contributed by atoms with Gasteiger partial charge in [0.15, 0.2) is 0 Å². The average Bonchev–Trinajstić information content (AvgIpc) is 3.30. The molecule has 3 aromatic rings. The van der Waals surface area contributed by atoms with Gasteiger partial charge < -0.3 is 19.7 Å². The maximum atomic E-state index is 12.8. The van der Waals surface area contributed by atoms with Crippen molar-refractivity contribution in [3.05, 3.63) is 64.7 Å². The Balaban J connectivity index is 1.56. The number of rotatable bonds is 5. The number of nitrogens with zero attached hydrogens (tertiary/aromatic N) is 2. The van der Waals surface area contributed by atoms with Gasteiger partial charge in [0.1, 0.15) is 10.7 Å². The van der Waals surface area contributed by atoms with Gasteiger partial charge in [-0.05, 0) is 25.1 Å². The van der Waals surface area contributed by atoms with Gasteiger partial charge in [0.2, 0.25) is 0 Å². The van der Waals surface area contributed by atoms with Gasteiger partial charge >= 0.3 is 5.97 Å². The summed E-state index contributed by atoms with van der Waals surface area (Å²) < 4.78 is 10.3. The van der Waals surface area contributed by atoms with E-state index in [1.807, 2.05) is 37.3 Å². The molecule has 1 aliphatic rings. The monoisotopic (exact) mass is 437 g/mol. The highest BCUT2D eigenvalue weighted by molar-refractivity contribution is 7.13. The van der Waals surface area contributed by atoms with E-state index in [1.165, 1.54) is 18.4 Å². The first-order valence-corrected chi connectivity index (χ1v) is 10.8. The van der Waals surface area contributed by atoms with E-state index in [1.54, 1.807) is 17.5 Å². The van der Waals surface area contributed by atoms with Crippen LogP contribution >= 0.6 is 11.3 Å². The number of nitrogens with one attached hydrogen (secondary N) is 1. The Morgan fingerprint density at radius 1 is 1.13 bits per heavy atom. The van der Waals surface area contributed by atoms with Crippen molar-refractivity contribution in [2.75, 3.05) is 43.6 Å². The number of anilines is 2. The number of hydrogen-bond acceptors (Lipinski definition) is 7. The van der Waals surface area contributed by atoms with E-state index in [0.29, 0.717) is 30.2 Å². The number of aryl methyl sites for hydroxylation is 1. The summed E-state index contributed by atoms with van der Waals surface area (Å²) in [5.74, 6) is -0.886. The molecule has 2 aromatic carbocycles. The Hall–Kier alpha value is -3.23. The summed E-state index contributed by atoms with van der Waals surface area (Å²) in [4.78, 5) is 31.8. The number of morpholine rings is 1. The van der Waals surface area contributed by atoms with Gasteiger partial charge in [-0.2, -0.15) is 0 Å². The number of esters is 1. The number of benzene rings is 2. The molecule has 31 heavy (non-hydrogen) atoms. The van der Waals surface area contributed by atoms with Gasteiger partial charge in [-0.3, -0.25) is 4.79 Å². The van der Waals surface area contributed by atoms with Gasteiger partial charge in [-0.25, -0.2) is 9.78 Å². The summed E-state index contributed by atoms with van der Waals surface area (Å²) in [6, 6.07) is 13.3. The quantitative estimate of drug-likeness (QED) is 0.608. The van der Waals surface area contributed by atoms with Crippen molar-refractivity contribution in [3.8, 4) is 10.6 Å². The molecule has 0 unspecified atom stereocenters. The topological polar surface area (TPSA) is 80.8 Å². The summed E-state index contributed by atoms with van der Waals surface area (Å²) in [6.07, 6.45) is 0. The molecule has 8 heteroatoms. The number of thiazole rings is 1. The Morgan fingerprint density at radius 2 is 1.87 bits per heavy atom. The van der Waals surface area contributed by atoms with E-state index < -0.39 is 5.97 Å². The fourth-order valence-electron chi connectivity index (χ4n) is 3.33. The van der Waals surface area contributed by atoms with E-state index >= 15 is 0 Å². The minimum Gasteiger partial charge on any atom is -0.465 e. The molecule has 2 heterocycles. The largest absolute Gasteiger partial charge is 0.465 e.